The average molecular weight is 381 g/mol. The molecule has 0 saturated carbocycles. The van der Waals surface area contributed by atoms with Crippen molar-refractivity contribution in [3.05, 3.63) is 62.5 Å². The normalized spacial score (nSPS) is 18.7. The van der Waals surface area contributed by atoms with Crippen LogP contribution in [0.4, 0.5) is 5.69 Å². The zero-order chi connectivity index (χ0) is 17.3. The van der Waals surface area contributed by atoms with Crippen molar-refractivity contribution in [3.63, 3.8) is 0 Å². The van der Waals surface area contributed by atoms with Crippen LogP contribution in [-0.4, -0.2) is 16.5 Å². The number of nitrogens with one attached hydrogen (secondary N) is 2. The molecule has 4 nitrogen and oxygen atoms in total. The Kier molecular flexibility index (Phi) is 4.94. The highest BCUT2D eigenvalue weighted by Crippen LogP contribution is 2.33. The van der Waals surface area contributed by atoms with Gasteiger partial charge in [0.1, 0.15) is 5.75 Å². The SMILES string of the molecule is Cc1ccc(Cl)cc1NC1NC(=O)/C(=C/c2cc(Cl)ccc2O)S1. The molecule has 7 heteroatoms. The Morgan fingerprint density at radius 3 is 2.71 bits per heavy atom. The van der Waals surface area contributed by atoms with Crippen LogP contribution in [0.2, 0.25) is 10.0 Å². The van der Waals surface area contributed by atoms with Crippen molar-refractivity contribution in [2.75, 3.05) is 5.32 Å². The number of rotatable bonds is 3. The number of thioether (sulfide) groups is 1. The van der Waals surface area contributed by atoms with Crippen molar-refractivity contribution in [1.82, 2.24) is 5.32 Å². The van der Waals surface area contributed by atoms with Crippen LogP contribution in [0.1, 0.15) is 11.1 Å². The van der Waals surface area contributed by atoms with Crippen molar-refractivity contribution < 1.29 is 9.90 Å². The molecule has 2 aromatic carbocycles. The fourth-order valence-electron chi connectivity index (χ4n) is 2.24. The summed E-state index contributed by atoms with van der Waals surface area (Å²) in [5, 5.41) is 17.1. The van der Waals surface area contributed by atoms with Crippen LogP contribution in [0.15, 0.2) is 41.3 Å². The summed E-state index contributed by atoms with van der Waals surface area (Å²) in [5.41, 5.74) is 2.06. The molecule has 0 aromatic heterocycles. The number of anilines is 1. The Morgan fingerprint density at radius 2 is 1.92 bits per heavy atom. The number of carbonyl (C=O) groups is 1. The predicted molar refractivity (Wildman–Crippen MR) is 100 cm³/mol. The molecule has 1 amide bonds. The number of halogens is 2. The highest BCUT2D eigenvalue weighted by Gasteiger charge is 2.27. The molecule has 1 aliphatic rings. The second kappa shape index (κ2) is 6.97. The van der Waals surface area contributed by atoms with E-state index in [1.54, 1.807) is 18.2 Å². The van der Waals surface area contributed by atoms with E-state index < -0.39 is 0 Å². The zero-order valence-corrected chi connectivity index (χ0v) is 15.0. The number of phenols is 1. The minimum absolute atomic E-state index is 0.0717. The second-order valence-electron chi connectivity index (χ2n) is 5.29. The van der Waals surface area contributed by atoms with Crippen LogP contribution in [0, 0.1) is 6.92 Å². The van der Waals surface area contributed by atoms with E-state index in [-0.39, 0.29) is 17.2 Å². The summed E-state index contributed by atoms with van der Waals surface area (Å²) in [4.78, 5) is 12.6. The maximum absolute atomic E-state index is 12.1. The van der Waals surface area contributed by atoms with Gasteiger partial charge in [-0.15, -0.1) is 0 Å². The van der Waals surface area contributed by atoms with Gasteiger partial charge in [0.25, 0.3) is 5.91 Å². The van der Waals surface area contributed by atoms with Crippen molar-refractivity contribution in [3.8, 4) is 5.75 Å². The van der Waals surface area contributed by atoms with Crippen molar-refractivity contribution in [2.24, 2.45) is 0 Å². The standard InChI is InChI=1S/C17H14Cl2N2O2S/c1-9-2-3-12(19)8-13(9)20-17-21-16(23)15(24-17)7-10-6-11(18)4-5-14(10)22/h2-8,17,20,22H,1H3,(H,21,23)/b15-7-. The van der Waals surface area contributed by atoms with Gasteiger partial charge in [-0.25, -0.2) is 0 Å². The van der Waals surface area contributed by atoms with Crippen molar-refractivity contribution in [1.29, 1.82) is 0 Å². The number of benzene rings is 2. The molecular formula is C17H14Cl2N2O2S. The van der Waals surface area contributed by atoms with E-state index in [0.29, 0.717) is 20.5 Å². The minimum atomic E-state index is -0.317. The molecule has 0 aliphatic carbocycles. The number of phenolic OH excluding ortho intramolecular Hbond substituents is 1. The fourth-order valence-corrected chi connectivity index (χ4v) is 3.56. The van der Waals surface area contributed by atoms with E-state index in [1.165, 1.54) is 17.8 Å². The maximum atomic E-state index is 12.1. The van der Waals surface area contributed by atoms with E-state index in [1.807, 2.05) is 25.1 Å². The average Bonchev–Trinajstić information content (AvgIpc) is 2.86. The fraction of sp³-hybridized carbons (Fsp3) is 0.118. The second-order valence-corrected chi connectivity index (χ2v) is 7.31. The van der Waals surface area contributed by atoms with Gasteiger partial charge in [0, 0.05) is 21.3 Å². The first kappa shape index (κ1) is 17.0. The third kappa shape index (κ3) is 3.80. The number of aromatic hydroxyl groups is 1. The molecule has 124 valence electrons. The van der Waals surface area contributed by atoms with Gasteiger partial charge in [0.2, 0.25) is 0 Å². The Labute approximate surface area is 153 Å². The van der Waals surface area contributed by atoms with Crippen LogP contribution in [0.5, 0.6) is 5.75 Å². The zero-order valence-electron chi connectivity index (χ0n) is 12.6. The first-order valence-corrected chi connectivity index (χ1v) is 8.76. The lowest BCUT2D eigenvalue weighted by Crippen LogP contribution is -2.31. The summed E-state index contributed by atoms with van der Waals surface area (Å²) >= 11 is 13.3. The summed E-state index contributed by atoms with van der Waals surface area (Å²) in [7, 11) is 0. The van der Waals surface area contributed by atoms with E-state index in [0.717, 1.165) is 11.3 Å². The molecule has 1 atom stereocenters. The summed E-state index contributed by atoms with van der Waals surface area (Å²) in [6.07, 6.45) is 1.62. The van der Waals surface area contributed by atoms with Crippen LogP contribution in [0.25, 0.3) is 6.08 Å². The van der Waals surface area contributed by atoms with Gasteiger partial charge in [0.15, 0.2) is 5.50 Å². The highest BCUT2D eigenvalue weighted by molar-refractivity contribution is 8.05. The van der Waals surface area contributed by atoms with Crippen molar-refractivity contribution >= 4 is 52.6 Å². The lowest BCUT2D eigenvalue weighted by atomic mass is 10.2. The molecule has 1 fully saturated rings. The van der Waals surface area contributed by atoms with E-state index in [2.05, 4.69) is 10.6 Å². The Bertz CT molecular complexity index is 839. The largest absolute Gasteiger partial charge is 0.507 e. The van der Waals surface area contributed by atoms with Gasteiger partial charge >= 0.3 is 0 Å². The predicted octanol–water partition coefficient (Wildman–Crippen LogP) is 4.61. The molecule has 1 heterocycles. The number of carbonyl (C=O) groups excluding carboxylic acids is 1. The summed E-state index contributed by atoms with van der Waals surface area (Å²) in [6.45, 7) is 1.96. The van der Waals surface area contributed by atoms with E-state index >= 15 is 0 Å². The molecule has 0 radical (unpaired) electrons. The Hall–Kier alpha value is -1.82. The molecule has 1 unspecified atom stereocenters. The first-order valence-electron chi connectivity index (χ1n) is 7.13. The first-order chi connectivity index (χ1) is 11.4. The number of amides is 1. The van der Waals surface area contributed by atoms with Gasteiger partial charge in [0.05, 0.1) is 4.91 Å². The van der Waals surface area contributed by atoms with Crippen molar-refractivity contribution in [2.45, 2.75) is 12.4 Å². The molecule has 1 saturated heterocycles. The van der Waals surface area contributed by atoms with Crippen LogP contribution in [0.3, 0.4) is 0 Å². The number of hydrogen-bond acceptors (Lipinski definition) is 4. The monoisotopic (exact) mass is 380 g/mol. The Balaban J connectivity index is 1.79. The summed E-state index contributed by atoms with van der Waals surface area (Å²) in [5.74, 6) is -0.140. The maximum Gasteiger partial charge on any atom is 0.260 e. The van der Waals surface area contributed by atoms with Crippen LogP contribution in [-0.2, 0) is 4.79 Å². The number of aryl methyl sites for hydroxylation is 1. The number of hydrogen-bond donors (Lipinski definition) is 3. The third-order valence-corrected chi connectivity index (χ3v) is 4.99. The van der Waals surface area contributed by atoms with Gasteiger partial charge in [-0.05, 0) is 48.9 Å². The van der Waals surface area contributed by atoms with Gasteiger partial charge < -0.3 is 15.7 Å². The molecule has 0 bridgehead atoms. The Morgan fingerprint density at radius 1 is 1.21 bits per heavy atom. The molecule has 24 heavy (non-hydrogen) atoms. The van der Waals surface area contributed by atoms with Gasteiger partial charge in [-0.3, -0.25) is 4.79 Å². The molecule has 2 aromatic rings. The van der Waals surface area contributed by atoms with E-state index in [9.17, 15) is 9.90 Å². The molecule has 0 spiro atoms. The van der Waals surface area contributed by atoms with Crippen LogP contribution < -0.4 is 10.6 Å². The molecular weight excluding hydrogens is 367 g/mol. The smallest absolute Gasteiger partial charge is 0.260 e. The lowest BCUT2D eigenvalue weighted by Gasteiger charge is -2.15. The highest BCUT2D eigenvalue weighted by atomic mass is 35.5. The van der Waals surface area contributed by atoms with Crippen LogP contribution >= 0.6 is 35.0 Å². The third-order valence-electron chi connectivity index (χ3n) is 3.49. The van der Waals surface area contributed by atoms with Gasteiger partial charge in [-0.1, -0.05) is 41.0 Å². The molecule has 3 rings (SSSR count). The molecule has 3 N–H and O–H groups in total. The quantitative estimate of drug-likeness (QED) is 0.680. The summed E-state index contributed by atoms with van der Waals surface area (Å²) in [6, 6.07) is 10.2. The van der Waals surface area contributed by atoms with Gasteiger partial charge in [-0.2, -0.15) is 0 Å². The minimum Gasteiger partial charge on any atom is -0.507 e. The topological polar surface area (TPSA) is 61.4 Å². The summed E-state index contributed by atoms with van der Waals surface area (Å²) < 4.78 is 0. The van der Waals surface area contributed by atoms with E-state index in [4.69, 9.17) is 23.2 Å². The lowest BCUT2D eigenvalue weighted by molar-refractivity contribution is -0.116. The molecule has 1 aliphatic heterocycles.